The number of methoxy groups -OCH3 is 1. The van der Waals surface area contributed by atoms with Crippen LogP contribution in [0.3, 0.4) is 0 Å². The van der Waals surface area contributed by atoms with Crippen molar-refractivity contribution in [1.82, 2.24) is 0 Å². The van der Waals surface area contributed by atoms with Gasteiger partial charge in [-0.3, -0.25) is 0 Å². The van der Waals surface area contributed by atoms with Crippen LogP contribution in [0.4, 0.5) is 26.3 Å². The zero-order chi connectivity index (χ0) is 25.5. The Morgan fingerprint density at radius 1 is 0.618 bits per heavy atom. The van der Waals surface area contributed by atoms with E-state index in [2.05, 4.69) is 8.37 Å². The van der Waals surface area contributed by atoms with Gasteiger partial charge in [0.15, 0.2) is 11.5 Å². The maximum absolute atomic E-state index is 13.0. The summed E-state index contributed by atoms with van der Waals surface area (Å²) in [6.07, 6.45) is 0. The highest BCUT2D eigenvalue weighted by molar-refractivity contribution is 7.88. The summed E-state index contributed by atoms with van der Waals surface area (Å²) in [7, 11) is -11.4. The zero-order valence-electron chi connectivity index (χ0n) is 16.6. The molecule has 0 saturated carbocycles. The Balaban J connectivity index is 2.40. The van der Waals surface area contributed by atoms with E-state index in [0.29, 0.717) is 5.39 Å². The molecule has 0 saturated heterocycles. The molecule has 7 nitrogen and oxygen atoms in total. The van der Waals surface area contributed by atoms with Crippen LogP contribution < -0.4 is 13.1 Å². The largest absolute Gasteiger partial charge is 0.534 e. The molecule has 34 heavy (non-hydrogen) atoms. The third-order valence-corrected chi connectivity index (χ3v) is 6.25. The molecule has 0 aliphatic carbocycles. The Labute approximate surface area is 188 Å². The summed E-state index contributed by atoms with van der Waals surface area (Å²) in [6.45, 7) is 0. The van der Waals surface area contributed by atoms with Gasteiger partial charge in [0.25, 0.3) is 0 Å². The number of benzene rings is 3. The topological polar surface area (TPSA) is 96.0 Å². The number of hydrogen-bond donors (Lipinski definition) is 0. The van der Waals surface area contributed by atoms with Gasteiger partial charge in [-0.15, -0.1) is 0 Å². The lowest BCUT2D eigenvalue weighted by atomic mass is 9.96. The fourth-order valence-corrected chi connectivity index (χ4v) is 3.85. The first-order valence-electron chi connectivity index (χ1n) is 8.79. The van der Waals surface area contributed by atoms with Crippen LogP contribution in [0.5, 0.6) is 17.2 Å². The van der Waals surface area contributed by atoms with Crippen LogP contribution in [0.15, 0.2) is 54.6 Å². The standard InChI is InChI=1S/C19H12F6O7S2/c1-30-13-7-4-8-14(31-33(26,27)18(20,21)22)17(13)16-12-6-3-2-5-11(12)9-10-15(16)32-34(28,29)19(23,24)25/h2-10H,1H3. The molecule has 0 heterocycles. The van der Waals surface area contributed by atoms with Gasteiger partial charge in [0.05, 0.1) is 12.7 Å². The predicted octanol–water partition coefficient (Wildman–Crippen LogP) is 4.97. The van der Waals surface area contributed by atoms with E-state index in [-0.39, 0.29) is 11.1 Å². The Kier molecular flexibility index (Phi) is 6.39. The van der Waals surface area contributed by atoms with Gasteiger partial charge in [0.1, 0.15) is 5.75 Å². The van der Waals surface area contributed by atoms with Crippen LogP contribution in [0, 0.1) is 0 Å². The highest BCUT2D eigenvalue weighted by Gasteiger charge is 2.50. The molecule has 15 heteroatoms. The van der Waals surface area contributed by atoms with Crippen LogP contribution >= 0.6 is 0 Å². The van der Waals surface area contributed by atoms with Crippen molar-refractivity contribution >= 4 is 31.0 Å². The molecule has 3 aromatic rings. The van der Waals surface area contributed by atoms with Crippen molar-refractivity contribution < 1.29 is 56.3 Å². The molecule has 0 unspecified atom stereocenters. The summed E-state index contributed by atoms with van der Waals surface area (Å²) in [5.41, 5.74) is -12.8. The average Bonchev–Trinajstić information content (AvgIpc) is 2.71. The fraction of sp³-hybridized carbons (Fsp3) is 0.158. The summed E-state index contributed by atoms with van der Waals surface area (Å²) in [4.78, 5) is 0. The highest BCUT2D eigenvalue weighted by Crippen LogP contribution is 2.48. The van der Waals surface area contributed by atoms with Crippen molar-refractivity contribution in [1.29, 1.82) is 0 Å². The number of ether oxygens (including phenoxy) is 1. The van der Waals surface area contributed by atoms with Gasteiger partial charge in [-0.05, 0) is 29.0 Å². The quantitative estimate of drug-likeness (QED) is 0.252. The minimum atomic E-state index is -6.23. The maximum atomic E-state index is 13.0. The molecule has 0 aliphatic rings. The van der Waals surface area contributed by atoms with Crippen molar-refractivity contribution in [2.45, 2.75) is 11.0 Å². The molecule has 0 fully saturated rings. The molecule has 3 aromatic carbocycles. The summed E-state index contributed by atoms with van der Waals surface area (Å²) < 4.78 is 138. The maximum Gasteiger partial charge on any atom is 0.534 e. The highest BCUT2D eigenvalue weighted by atomic mass is 32.2. The number of hydrogen-bond acceptors (Lipinski definition) is 7. The van der Waals surface area contributed by atoms with E-state index in [1.54, 1.807) is 0 Å². The van der Waals surface area contributed by atoms with Crippen molar-refractivity contribution in [2.24, 2.45) is 0 Å². The lowest BCUT2D eigenvalue weighted by Crippen LogP contribution is -2.28. The van der Waals surface area contributed by atoms with Crippen LogP contribution in [-0.2, 0) is 20.2 Å². The third kappa shape index (κ3) is 4.70. The molecule has 3 rings (SSSR count). The van der Waals surface area contributed by atoms with Crippen molar-refractivity contribution in [2.75, 3.05) is 7.11 Å². The minimum absolute atomic E-state index is 0.00358. The first kappa shape index (κ1) is 25.4. The first-order valence-corrected chi connectivity index (χ1v) is 11.6. The van der Waals surface area contributed by atoms with Gasteiger partial charge in [-0.2, -0.15) is 43.2 Å². The Morgan fingerprint density at radius 3 is 1.65 bits per heavy atom. The third-order valence-electron chi connectivity index (χ3n) is 4.31. The van der Waals surface area contributed by atoms with E-state index < -0.39 is 53.9 Å². The van der Waals surface area contributed by atoms with Gasteiger partial charge in [-0.25, -0.2) is 0 Å². The Bertz CT molecular complexity index is 1450. The monoisotopic (exact) mass is 530 g/mol. The normalized spacial score (nSPS) is 13.0. The van der Waals surface area contributed by atoms with E-state index >= 15 is 0 Å². The molecular weight excluding hydrogens is 518 g/mol. The fourth-order valence-electron chi connectivity index (χ4n) is 2.91. The molecule has 0 aliphatic heterocycles. The van der Waals surface area contributed by atoms with Crippen molar-refractivity contribution in [3.8, 4) is 28.4 Å². The van der Waals surface area contributed by atoms with Crippen LogP contribution in [0.2, 0.25) is 0 Å². The second-order valence-corrected chi connectivity index (χ2v) is 9.54. The molecule has 0 amide bonds. The molecule has 0 aromatic heterocycles. The molecule has 0 atom stereocenters. The van der Waals surface area contributed by atoms with Gasteiger partial charge in [-0.1, -0.05) is 36.4 Å². The Hall–Kier alpha value is -3.20. The van der Waals surface area contributed by atoms with Crippen LogP contribution in [-0.4, -0.2) is 35.0 Å². The SMILES string of the molecule is COc1cccc(OS(=O)(=O)C(F)(F)F)c1-c1c(OS(=O)(=O)C(F)(F)F)ccc2ccccc12. The summed E-state index contributed by atoms with van der Waals surface area (Å²) in [5, 5.41) is 0.293. The van der Waals surface area contributed by atoms with Gasteiger partial charge in [0.2, 0.25) is 0 Å². The average molecular weight is 530 g/mol. The summed E-state index contributed by atoms with van der Waals surface area (Å²) in [6, 6.07) is 10.7. The van der Waals surface area contributed by atoms with Crippen LogP contribution in [0.25, 0.3) is 21.9 Å². The van der Waals surface area contributed by atoms with Gasteiger partial charge in [0, 0.05) is 5.56 Å². The van der Waals surface area contributed by atoms with E-state index in [1.807, 2.05) is 0 Å². The molecule has 0 radical (unpaired) electrons. The second-order valence-electron chi connectivity index (χ2n) is 6.46. The smallest absolute Gasteiger partial charge is 0.496 e. The first-order chi connectivity index (χ1) is 15.6. The van der Waals surface area contributed by atoms with E-state index in [1.165, 1.54) is 30.3 Å². The van der Waals surface area contributed by atoms with E-state index in [0.717, 1.165) is 31.4 Å². The number of halogens is 6. The van der Waals surface area contributed by atoms with Crippen molar-refractivity contribution in [3.63, 3.8) is 0 Å². The lowest BCUT2D eigenvalue weighted by molar-refractivity contribution is -0.0505. The second kappa shape index (κ2) is 8.54. The summed E-state index contributed by atoms with van der Waals surface area (Å²) in [5.74, 6) is -2.31. The van der Waals surface area contributed by atoms with E-state index in [4.69, 9.17) is 4.74 Å². The molecule has 0 spiro atoms. The molecule has 0 N–H and O–H groups in total. The van der Waals surface area contributed by atoms with Crippen molar-refractivity contribution in [3.05, 3.63) is 54.6 Å². The van der Waals surface area contributed by atoms with E-state index in [9.17, 15) is 43.2 Å². The summed E-state index contributed by atoms with van der Waals surface area (Å²) >= 11 is 0. The van der Waals surface area contributed by atoms with Gasteiger partial charge >= 0.3 is 31.3 Å². The molecule has 0 bridgehead atoms. The lowest BCUT2D eigenvalue weighted by Gasteiger charge is -2.20. The molecule has 184 valence electrons. The Morgan fingerprint density at radius 2 is 1.12 bits per heavy atom. The molecular formula is C19H12F6O7S2. The predicted molar refractivity (Wildman–Crippen MR) is 107 cm³/mol. The number of rotatable bonds is 6. The number of fused-ring (bicyclic) bond motifs is 1. The van der Waals surface area contributed by atoms with Gasteiger partial charge < -0.3 is 13.1 Å². The zero-order valence-corrected chi connectivity index (χ0v) is 18.3. The number of alkyl halides is 6. The minimum Gasteiger partial charge on any atom is -0.496 e. The van der Waals surface area contributed by atoms with Crippen LogP contribution in [0.1, 0.15) is 0 Å².